The zero-order valence-electron chi connectivity index (χ0n) is 11.3. The van der Waals surface area contributed by atoms with Gasteiger partial charge in [0.05, 0.1) is 13.0 Å². The number of carbonyl (C=O) groups excluding carboxylic acids is 2. The van der Waals surface area contributed by atoms with Crippen LogP contribution in [0.3, 0.4) is 0 Å². The Bertz CT molecular complexity index is 467. The lowest BCUT2D eigenvalue weighted by atomic mass is 10.1. The number of nitrogens with one attached hydrogen (secondary N) is 2. The quantitative estimate of drug-likeness (QED) is 0.779. The van der Waals surface area contributed by atoms with Crippen molar-refractivity contribution >= 4 is 17.6 Å². The van der Waals surface area contributed by atoms with E-state index in [2.05, 4.69) is 15.4 Å². The SMILES string of the molecule is COC(=O)COc1ccc(NC(=O)C2CCNC2)cc1. The van der Waals surface area contributed by atoms with Crippen LogP contribution in [0.2, 0.25) is 0 Å². The lowest BCUT2D eigenvalue weighted by Gasteiger charge is -2.10. The second-order valence-electron chi connectivity index (χ2n) is 4.57. The Morgan fingerprint density at radius 2 is 2.10 bits per heavy atom. The van der Waals surface area contributed by atoms with E-state index in [0.717, 1.165) is 19.5 Å². The molecule has 0 saturated carbocycles. The monoisotopic (exact) mass is 278 g/mol. The van der Waals surface area contributed by atoms with Crippen molar-refractivity contribution in [1.82, 2.24) is 5.32 Å². The van der Waals surface area contributed by atoms with E-state index in [4.69, 9.17) is 4.74 Å². The lowest BCUT2D eigenvalue weighted by Crippen LogP contribution is -2.24. The van der Waals surface area contributed by atoms with Gasteiger partial charge in [-0.25, -0.2) is 4.79 Å². The molecule has 0 radical (unpaired) electrons. The Morgan fingerprint density at radius 3 is 2.70 bits per heavy atom. The van der Waals surface area contributed by atoms with Crippen LogP contribution in [0.15, 0.2) is 24.3 Å². The molecule has 1 heterocycles. The lowest BCUT2D eigenvalue weighted by molar-refractivity contribution is -0.142. The Kier molecular flexibility index (Phi) is 4.95. The second-order valence-corrected chi connectivity index (χ2v) is 4.57. The molecular formula is C14H18N2O4. The summed E-state index contributed by atoms with van der Waals surface area (Å²) < 4.78 is 9.70. The van der Waals surface area contributed by atoms with E-state index in [0.29, 0.717) is 11.4 Å². The highest BCUT2D eigenvalue weighted by Gasteiger charge is 2.22. The Labute approximate surface area is 117 Å². The first kappa shape index (κ1) is 14.3. The van der Waals surface area contributed by atoms with Gasteiger partial charge in [0.15, 0.2) is 6.61 Å². The fourth-order valence-corrected chi connectivity index (χ4v) is 1.96. The molecule has 1 atom stereocenters. The molecule has 1 aliphatic heterocycles. The largest absolute Gasteiger partial charge is 0.482 e. The van der Waals surface area contributed by atoms with E-state index in [1.165, 1.54) is 7.11 Å². The van der Waals surface area contributed by atoms with Crippen LogP contribution in [0.25, 0.3) is 0 Å². The van der Waals surface area contributed by atoms with Crippen molar-refractivity contribution in [3.63, 3.8) is 0 Å². The van der Waals surface area contributed by atoms with Crippen LogP contribution in [0.1, 0.15) is 6.42 Å². The molecule has 0 aromatic heterocycles. The highest BCUT2D eigenvalue weighted by molar-refractivity contribution is 5.92. The van der Waals surface area contributed by atoms with Crippen molar-refractivity contribution < 1.29 is 19.1 Å². The van der Waals surface area contributed by atoms with Crippen LogP contribution in [0.5, 0.6) is 5.75 Å². The predicted octanol–water partition coefficient (Wildman–Crippen LogP) is 0.786. The van der Waals surface area contributed by atoms with Crippen molar-refractivity contribution in [3.8, 4) is 5.75 Å². The number of amides is 1. The van der Waals surface area contributed by atoms with E-state index in [9.17, 15) is 9.59 Å². The molecule has 0 bridgehead atoms. The van der Waals surface area contributed by atoms with Crippen molar-refractivity contribution in [2.75, 3.05) is 32.1 Å². The molecule has 1 aromatic rings. The number of hydrogen-bond acceptors (Lipinski definition) is 5. The summed E-state index contributed by atoms with van der Waals surface area (Å²) in [6.45, 7) is 1.49. The number of methoxy groups -OCH3 is 1. The fraction of sp³-hybridized carbons (Fsp3) is 0.429. The summed E-state index contributed by atoms with van der Waals surface area (Å²) in [6, 6.07) is 6.89. The molecule has 1 aromatic carbocycles. The van der Waals surface area contributed by atoms with Crippen LogP contribution in [-0.4, -0.2) is 38.7 Å². The molecule has 0 aliphatic carbocycles. The maximum absolute atomic E-state index is 11.9. The van der Waals surface area contributed by atoms with Crippen LogP contribution in [-0.2, 0) is 14.3 Å². The van der Waals surface area contributed by atoms with Gasteiger partial charge in [-0.3, -0.25) is 4.79 Å². The van der Waals surface area contributed by atoms with Gasteiger partial charge in [0.2, 0.25) is 5.91 Å². The Morgan fingerprint density at radius 1 is 1.35 bits per heavy atom. The molecule has 2 N–H and O–H groups in total. The third kappa shape index (κ3) is 3.96. The zero-order chi connectivity index (χ0) is 14.4. The van der Waals surface area contributed by atoms with Gasteiger partial charge in [-0.15, -0.1) is 0 Å². The summed E-state index contributed by atoms with van der Waals surface area (Å²) in [7, 11) is 1.31. The maximum atomic E-state index is 11.9. The van der Waals surface area contributed by atoms with E-state index in [-0.39, 0.29) is 18.4 Å². The first-order chi connectivity index (χ1) is 9.69. The van der Waals surface area contributed by atoms with E-state index < -0.39 is 5.97 Å². The van der Waals surface area contributed by atoms with Crippen molar-refractivity contribution in [1.29, 1.82) is 0 Å². The van der Waals surface area contributed by atoms with Gasteiger partial charge in [0, 0.05) is 12.2 Å². The number of ether oxygens (including phenoxy) is 2. The molecule has 6 nitrogen and oxygen atoms in total. The average Bonchev–Trinajstić information content (AvgIpc) is 3.00. The Hall–Kier alpha value is -2.08. The second kappa shape index (κ2) is 6.91. The summed E-state index contributed by atoms with van der Waals surface area (Å²) in [5.74, 6) is 0.176. The zero-order valence-corrected chi connectivity index (χ0v) is 11.3. The number of esters is 1. The minimum atomic E-state index is -0.434. The first-order valence-electron chi connectivity index (χ1n) is 6.50. The standard InChI is InChI=1S/C14H18N2O4/c1-19-13(17)9-20-12-4-2-11(3-5-12)16-14(18)10-6-7-15-8-10/h2-5,10,15H,6-9H2,1H3,(H,16,18). The molecule has 1 amide bonds. The molecule has 6 heteroatoms. The minimum absolute atomic E-state index is 0.0261. The molecule has 1 aliphatic rings. The molecule has 2 rings (SSSR count). The molecule has 1 unspecified atom stereocenters. The third-order valence-electron chi connectivity index (χ3n) is 3.14. The van der Waals surface area contributed by atoms with Gasteiger partial charge < -0.3 is 20.1 Å². The number of anilines is 1. The molecule has 20 heavy (non-hydrogen) atoms. The molecule has 108 valence electrons. The van der Waals surface area contributed by atoms with Crippen molar-refractivity contribution in [2.45, 2.75) is 6.42 Å². The topological polar surface area (TPSA) is 76.7 Å². The predicted molar refractivity (Wildman–Crippen MR) is 73.6 cm³/mol. The van der Waals surface area contributed by atoms with Crippen molar-refractivity contribution in [3.05, 3.63) is 24.3 Å². The minimum Gasteiger partial charge on any atom is -0.482 e. The maximum Gasteiger partial charge on any atom is 0.343 e. The normalized spacial score (nSPS) is 17.6. The molecule has 0 spiro atoms. The van der Waals surface area contributed by atoms with Gasteiger partial charge in [-0.2, -0.15) is 0 Å². The van der Waals surface area contributed by atoms with E-state index >= 15 is 0 Å². The summed E-state index contributed by atoms with van der Waals surface area (Å²) >= 11 is 0. The smallest absolute Gasteiger partial charge is 0.343 e. The third-order valence-corrected chi connectivity index (χ3v) is 3.14. The van der Waals surface area contributed by atoms with Gasteiger partial charge >= 0.3 is 5.97 Å². The van der Waals surface area contributed by atoms with E-state index in [1.54, 1.807) is 24.3 Å². The molecular weight excluding hydrogens is 260 g/mol. The molecule has 1 saturated heterocycles. The highest BCUT2D eigenvalue weighted by atomic mass is 16.6. The van der Waals surface area contributed by atoms with Crippen LogP contribution in [0.4, 0.5) is 5.69 Å². The van der Waals surface area contributed by atoms with Crippen LogP contribution in [0, 0.1) is 5.92 Å². The summed E-state index contributed by atoms with van der Waals surface area (Å²) in [5, 5.41) is 6.02. The van der Waals surface area contributed by atoms with Crippen LogP contribution < -0.4 is 15.4 Å². The first-order valence-corrected chi connectivity index (χ1v) is 6.50. The van der Waals surface area contributed by atoms with Crippen molar-refractivity contribution in [2.24, 2.45) is 5.92 Å². The fourth-order valence-electron chi connectivity index (χ4n) is 1.96. The Balaban J connectivity index is 1.84. The summed E-state index contributed by atoms with van der Waals surface area (Å²) in [5.41, 5.74) is 0.715. The molecule has 1 fully saturated rings. The number of carbonyl (C=O) groups is 2. The number of rotatable bonds is 5. The van der Waals surface area contributed by atoms with Gasteiger partial charge in [0.25, 0.3) is 0 Å². The number of benzene rings is 1. The summed E-state index contributed by atoms with van der Waals surface area (Å²) in [4.78, 5) is 22.8. The highest BCUT2D eigenvalue weighted by Crippen LogP contribution is 2.17. The number of hydrogen-bond donors (Lipinski definition) is 2. The average molecular weight is 278 g/mol. The van der Waals surface area contributed by atoms with E-state index in [1.807, 2.05) is 0 Å². The van der Waals surface area contributed by atoms with Gasteiger partial charge in [0.1, 0.15) is 5.75 Å². The van der Waals surface area contributed by atoms with Gasteiger partial charge in [-0.1, -0.05) is 0 Å². The van der Waals surface area contributed by atoms with Crippen LogP contribution >= 0.6 is 0 Å². The summed E-state index contributed by atoms with van der Waals surface area (Å²) in [6.07, 6.45) is 0.867. The van der Waals surface area contributed by atoms with Gasteiger partial charge in [-0.05, 0) is 37.2 Å².